The van der Waals surface area contributed by atoms with Crippen molar-refractivity contribution in [1.29, 1.82) is 0 Å². The van der Waals surface area contributed by atoms with Gasteiger partial charge in [-0.05, 0) is 48.2 Å². The van der Waals surface area contributed by atoms with Crippen molar-refractivity contribution in [3.05, 3.63) is 83.1 Å². The third kappa shape index (κ3) is 4.11. The van der Waals surface area contributed by atoms with Crippen molar-refractivity contribution in [2.75, 3.05) is 39.1 Å². The third-order valence-corrected chi connectivity index (χ3v) is 6.93. The Morgan fingerprint density at radius 1 is 0.750 bits per heavy atom. The largest absolute Gasteiger partial charge is 0.493 e. The lowest BCUT2D eigenvalue weighted by Crippen LogP contribution is -2.27. The Balaban J connectivity index is 1.62. The molecule has 2 aliphatic rings. The minimum Gasteiger partial charge on any atom is -0.493 e. The molecule has 2 N–H and O–H groups in total. The maximum absolute atomic E-state index is 13.9. The molecular formula is C29H30N2O5. The van der Waals surface area contributed by atoms with Crippen LogP contribution < -0.4 is 29.6 Å². The molecule has 0 saturated heterocycles. The van der Waals surface area contributed by atoms with Crippen molar-refractivity contribution in [2.45, 2.75) is 24.8 Å². The molecule has 7 nitrogen and oxygen atoms in total. The number of Topliss-reactive ketones (excluding diaryl/α,β-unsaturated/α-hetero) is 1. The molecule has 1 heterocycles. The van der Waals surface area contributed by atoms with Crippen molar-refractivity contribution in [1.82, 2.24) is 0 Å². The van der Waals surface area contributed by atoms with Crippen LogP contribution in [-0.4, -0.2) is 34.2 Å². The minimum absolute atomic E-state index is 0.00155. The summed E-state index contributed by atoms with van der Waals surface area (Å²) in [5, 5.41) is 7.18. The molecule has 36 heavy (non-hydrogen) atoms. The molecule has 0 bridgehead atoms. The van der Waals surface area contributed by atoms with Crippen LogP contribution in [0.3, 0.4) is 0 Å². The Labute approximate surface area is 211 Å². The molecule has 186 valence electrons. The first-order valence-electron chi connectivity index (χ1n) is 11.9. The lowest BCUT2D eigenvalue weighted by Gasteiger charge is -2.30. The molecule has 3 aromatic carbocycles. The summed E-state index contributed by atoms with van der Waals surface area (Å²) >= 11 is 0. The summed E-state index contributed by atoms with van der Waals surface area (Å²) < 4.78 is 22.2. The molecule has 3 aromatic rings. The normalized spacial score (nSPS) is 18.7. The number of carbonyl (C=O) groups excluding carboxylic acids is 1. The Bertz CT molecular complexity index is 1330. The van der Waals surface area contributed by atoms with Gasteiger partial charge in [0.25, 0.3) is 0 Å². The minimum atomic E-state index is -0.403. The molecule has 1 aliphatic carbocycles. The van der Waals surface area contributed by atoms with Gasteiger partial charge in [-0.3, -0.25) is 4.79 Å². The first kappa shape index (κ1) is 23.6. The lowest BCUT2D eigenvalue weighted by atomic mass is 9.78. The zero-order valence-electron chi connectivity index (χ0n) is 20.9. The number of fused-ring (bicyclic) bond motifs is 1. The molecule has 0 saturated carbocycles. The van der Waals surface area contributed by atoms with E-state index in [9.17, 15) is 4.79 Å². The molecule has 2 atom stereocenters. The lowest BCUT2D eigenvalue weighted by molar-refractivity contribution is -0.116. The van der Waals surface area contributed by atoms with Crippen LogP contribution in [0.25, 0.3) is 0 Å². The van der Waals surface area contributed by atoms with E-state index in [0.29, 0.717) is 35.8 Å². The zero-order valence-corrected chi connectivity index (χ0v) is 20.9. The van der Waals surface area contributed by atoms with Crippen LogP contribution in [0.1, 0.15) is 35.9 Å². The van der Waals surface area contributed by atoms with Gasteiger partial charge in [0, 0.05) is 23.3 Å². The molecule has 0 spiro atoms. The quantitative estimate of drug-likeness (QED) is 0.463. The van der Waals surface area contributed by atoms with Crippen LogP contribution >= 0.6 is 0 Å². The number of benzene rings is 3. The average molecular weight is 487 g/mol. The average Bonchev–Trinajstić information content (AvgIpc) is 3.08. The van der Waals surface area contributed by atoms with E-state index in [1.54, 1.807) is 28.4 Å². The Morgan fingerprint density at radius 3 is 2.22 bits per heavy atom. The number of hydrogen-bond acceptors (Lipinski definition) is 7. The summed E-state index contributed by atoms with van der Waals surface area (Å²) in [5.74, 6) is 2.64. The van der Waals surface area contributed by atoms with Crippen LogP contribution in [-0.2, 0) is 4.79 Å². The molecule has 5 rings (SSSR count). The van der Waals surface area contributed by atoms with E-state index in [-0.39, 0.29) is 11.7 Å². The number of allylic oxidation sites excluding steroid dienone is 1. The van der Waals surface area contributed by atoms with Gasteiger partial charge >= 0.3 is 0 Å². The van der Waals surface area contributed by atoms with Crippen molar-refractivity contribution in [3.63, 3.8) is 0 Å². The summed E-state index contributed by atoms with van der Waals surface area (Å²) in [7, 11) is 6.47. The van der Waals surface area contributed by atoms with Gasteiger partial charge < -0.3 is 29.6 Å². The van der Waals surface area contributed by atoms with E-state index in [4.69, 9.17) is 18.9 Å². The highest BCUT2D eigenvalue weighted by molar-refractivity contribution is 6.01. The molecule has 0 fully saturated rings. The van der Waals surface area contributed by atoms with Gasteiger partial charge in [-0.2, -0.15) is 0 Å². The summed E-state index contributed by atoms with van der Waals surface area (Å²) in [4.78, 5) is 13.9. The van der Waals surface area contributed by atoms with Gasteiger partial charge in [0.15, 0.2) is 28.8 Å². The number of ether oxygens (including phenoxy) is 4. The van der Waals surface area contributed by atoms with E-state index in [1.165, 1.54) is 0 Å². The van der Waals surface area contributed by atoms with Gasteiger partial charge in [-0.25, -0.2) is 0 Å². The van der Waals surface area contributed by atoms with Crippen molar-refractivity contribution >= 4 is 17.2 Å². The number of ketones is 1. The number of anilines is 2. The standard InChI is InChI=1S/C29H30N2O5/c1-33-24-13-12-17(16-26(24)35-3)18-14-22-27(23(32)15-18)28(31-21-10-6-5-9-20(21)30-22)19-8-7-11-25(34-2)29(19)36-4/h5-13,16,18,28,30-31H,14-15H2,1-4H3/t18-,28+/m0/s1. The van der Waals surface area contributed by atoms with Gasteiger partial charge in [-0.1, -0.05) is 30.3 Å². The van der Waals surface area contributed by atoms with Gasteiger partial charge in [0.2, 0.25) is 0 Å². The van der Waals surface area contributed by atoms with Crippen LogP contribution in [0.4, 0.5) is 11.4 Å². The Hall–Kier alpha value is -4.13. The highest BCUT2D eigenvalue weighted by Crippen LogP contribution is 2.47. The summed E-state index contributed by atoms with van der Waals surface area (Å²) in [6.45, 7) is 0. The van der Waals surface area contributed by atoms with E-state index in [0.717, 1.165) is 33.8 Å². The van der Waals surface area contributed by atoms with Gasteiger partial charge in [0.05, 0.1) is 45.9 Å². The fourth-order valence-electron chi connectivity index (χ4n) is 5.21. The van der Waals surface area contributed by atoms with Gasteiger partial charge in [-0.15, -0.1) is 0 Å². The summed E-state index contributed by atoms with van der Waals surface area (Å²) in [6.07, 6.45) is 1.06. The van der Waals surface area contributed by atoms with Crippen molar-refractivity contribution in [3.8, 4) is 23.0 Å². The molecular weight excluding hydrogens is 456 g/mol. The second-order valence-electron chi connectivity index (χ2n) is 8.87. The second-order valence-corrected chi connectivity index (χ2v) is 8.87. The molecule has 0 aromatic heterocycles. The fourth-order valence-corrected chi connectivity index (χ4v) is 5.21. The first-order valence-corrected chi connectivity index (χ1v) is 11.9. The molecule has 7 heteroatoms. The monoisotopic (exact) mass is 486 g/mol. The highest BCUT2D eigenvalue weighted by Gasteiger charge is 2.37. The van der Waals surface area contributed by atoms with Crippen LogP contribution in [0.5, 0.6) is 23.0 Å². The first-order chi connectivity index (χ1) is 17.6. The molecule has 1 aliphatic heterocycles. The number of nitrogens with one attached hydrogen (secondary N) is 2. The maximum atomic E-state index is 13.9. The second kappa shape index (κ2) is 9.85. The third-order valence-electron chi connectivity index (χ3n) is 6.93. The fraction of sp³-hybridized carbons (Fsp3) is 0.276. The zero-order chi connectivity index (χ0) is 25.2. The van der Waals surface area contributed by atoms with E-state index < -0.39 is 6.04 Å². The van der Waals surface area contributed by atoms with E-state index >= 15 is 0 Å². The summed E-state index contributed by atoms with van der Waals surface area (Å²) in [6, 6.07) is 19.2. The predicted molar refractivity (Wildman–Crippen MR) is 140 cm³/mol. The van der Waals surface area contributed by atoms with Crippen molar-refractivity contribution in [2.24, 2.45) is 0 Å². The summed E-state index contributed by atoms with van der Waals surface area (Å²) in [5.41, 5.74) is 5.34. The molecule has 0 amide bonds. The Kier molecular flexibility index (Phi) is 6.46. The molecule has 0 unspecified atom stereocenters. The Morgan fingerprint density at radius 2 is 1.50 bits per heavy atom. The number of para-hydroxylation sites is 3. The number of carbonyl (C=O) groups is 1. The van der Waals surface area contributed by atoms with Crippen LogP contribution in [0.15, 0.2) is 71.9 Å². The van der Waals surface area contributed by atoms with E-state index in [1.807, 2.05) is 60.7 Å². The number of methoxy groups -OCH3 is 4. The van der Waals surface area contributed by atoms with E-state index in [2.05, 4.69) is 10.6 Å². The van der Waals surface area contributed by atoms with Gasteiger partial charge in [0.1, 0.15) is 0 Å². The smallest absolute Gasteiger partial charge is 0.166 e. The topological polar surface area (TPSA) is 78.1 Å². The highest BCUT2D eigenvalue weighted by atomic mass is 16.5. The maximum Gasteiger partial charge on any atom is 0.166 e. The SMILES string of the molecule is COc1ccc([C@@H]2CC(=O)C3=C(C2)Nc2ccccc2N[C@@H]3c2cccc(OC)c2OC)cc1OC. The van der Waals surface area contributed by atoms with Crippen LogP contribution in [0, 0.1) is 0 Å². The number of rotatable bonds is 6. The van der Waals surface area contributed by atoms with Crippen LogP contribution in [0.2, 0.25) is 0 Å². The number of hydrogen-bond donors (Lipinski definition) is 2. The van der Waals surface area contributed by atoms with Crippen molar-refractivity contribution < 1.29 is 23.7 Å². The predicted octanol–water partition coefficient (Wildman–Crippen LogP) is 5.70. The molecule has 0 radical (unpaired) electrons.